The van der Waals surface area contributed by atoms with E-state index in [1.807, 2.05) is 0 Å². The minimum atomic E-state index is -6.60. The van der Waals surface area contributed by atoms with Gasteiger partial charge in [-0.25, -0.2) is 8.78 Å². The number of alkyl halides is 8. The summed E-state index contributed by atoms with van der Waals surface area (Å²) in [6.07, 6.45) is -9.53. The number of halogens is 8. The van der Waals surface area contributed by atoms with Gasteiger partial charge < -0.3 is 19.8 Å². The van der Waals surface area contributed by atoms with E-state index < -0.39 is 54.9 Å². The van der Waals surface area contributed by atoms with Crippen molar-refractivity contribution in [2.45, 2.75) is 37.0 Å². The van der Waals surface area contributed by atoms with E-state index in [1.165, 1.54) is 0 Å². The molecule has 1 atom stereocenters. The van der Waals surface area contributed by atoms with Crippen molar-refractivity contribution in [2.75, 3.05) is 0 Å². The Morgan fingerprint density at radius 3 is 1.67 bits per heavy atom. The maximum atomic E-state index is 13.1. The number of carboxylic acid groups (broad SMARTS) is 2. The topological polar surface area (TPSA) is 80.3 Å². The van der Waals surface area contributed by atoms with Gasteiger partial charge in [-0.3, -0.25) is 0 Å². The number of hydrogen-bond donors (Lipinski definition) is 0. The first-order valence-corrected chi connectivity index (χ1v) is 4.99. The molecule has 0 aromatic carbocycles. The molecule has 0 aliphatic heterocycles. The standard InChI is InChI=1S/C9H8F8O4/c10-6(11)8(14,15)9(16,17)7(12,13)2-3(5(20)21)1-4(18)19/h3,6H,1-2H2,(H,18,19)(H,20,21)/p-2. The van der Waals surface area contributed by atoms with Crippen molar-refractivity contribution in [1.82, 2.24) is 0 Å². The molecule has 0 fully saturated rings. The molecule has 124 valence electrons. The summed E-state index contributed by atoms with van der Waals surface area (Å²) in [4.78, 5) is 20.4. The normalized spacial score (nSPS) is 15.1. The molecule has 0 aliphatic rings. The summed E-state index contributed by atoms with van der Waals surface area (Å²) in [5, 5.41) is 20.4. The van der Waals surface area contributed by atoms with Crippen LogP contribution in [0.4, 0.5) is 35.1 Å². The van der Waals surface area contributed by atoms with Gasteiger partial charge in [0.05, 0.1) is 0 Å². The molecule has 0 amide bonds. The van der Waals surface area contributed by atoms with Crippen LogP contribution in [0.3, 0.4) is 0 Å². The van der Waals surface area contributed by atoms with Crippen molar-refractivity contribution in [1.29, 1.82) is 0 Å². The zero-order chi connectivity index (χ0) is 17.2. The lowest BCUT2D eigenvalue weighted by atomic mass is 9.91. The molecule has 4 nitrogen and oxygen atoms in total. The highest BCUT2D eigenvalue weighted by Crippen LogP contribution is 2.50. The Labute approximate surface area is 111 Å². The first-order valence-electron chi connectivity index (χ1n) is 4.99. The van der Waals surface area contributed by atoms with Crippen molar-refractivity contribution in [2.24, 2.45) is 5.92 Å². The Bertz CT molecular complexity index is 409. The van der Waals surface area contributed by atoms with Crippen LogP contribution in [0.1, 0.15) is 12.8 Å². The van der Waals surface area contributed by atoms with Gasteiger partial charge in [0, 0.05) is 24.3 Å². The average Bonchev–Trinajstić information content (AvgIpc) is 2.26. The van der Waals surface area contributed by atoms with E-state index in [9.17, 15) is 54.9 Å². The minimum absolute atomic E-state index is 1.74. The van der Waals surface area contributed by atoms with E-state index in [4.69, 9.17) is 0 Å². The molecule has 0 saturated carbocycles. The number of hydrogen-bond acceptors (Lipinski definition) is 4. The van der Waals surface area contributed by atoms with Crippen molar-refractivity contribution in [3.05, 3.63) is 0 Å². The van der Waals surface area contributed by atoms with Gasteiger partial charge in [0.15, 0.2) is 0 Å². The van der Waals surface area contributed by atoms with E-state index in [-0.39, 0.29) is 0 Å². The Balaban J connectivity index is 5.44. The maximum absolute atomic E-state index is 13.1. The van der Waals surface area contributed by atoms with Gasteiger partial charge in [0.25, 0.3) is 0 Å². The van der Waals surface area contributed by atoms with Crippen molar-refractivity contribution in [3.8, 4) is 0 Å². The van der Waals surface area contributed by atoms with Crippen LogP contribution in [0.5, 0.6) is 0 Å². The van der Waals surface area contributed by atoms with Gasteiger partial charge in [-0.05, 0) is 6.42 Å². The van der Waals surface area contributed by atoms with Gasteiger partial charge in [-0.2, -0.15) is 26.3 Å². The predicted molar refractivity (Wildman–Crippen MR) is 43.6 cm³/mol. The summed E-state index contributed by atoms with van der Waals surface area (Å²) in [6, 6.07) is 0. The Morgan fingerprint density at radius 1 is 0.952 bits per heavy atom. The average molecular weight is 330 g/mol. The number of carbonyl (C=O) groups is 2. The molecule has 0 N–H and O–H groups in total. The summed E-state index contributed by atoms with van der Waals surface area (Å²) in [6.45, 7) is 0. The SMILES string of the molecule is O=C([O-])CC(CC(F)(F)C(F)(F)C(F)(F)C(F)F)C(=O)[O-]. The molecule has 0 rings (SSSR count). The van der Waals surface area contributed by atoms with Gasteiger partial charge in [0.1, 0.15) is 0 Å². The highest BCUT2D eigenvalue weighted by molar-refractivity contribution is 5.75. The molecular formula is C9H6F8O4-2. The van der Waals surface area contributed by atoms with Crippen molar-refractivity contribution < 1.29 is 54.9 Å². The lowest BCUT2D eigenvalue weighted by molar-refractivity contribution is -0.348. The second-order valence-electron chi connectivity index (χ2n) is 4.00. The van der Waals surface area contributed by atoms with E-state index in [0.717, 1.165) is 0 Å². The van der Waals surface area contributed by atoms with Crippen LogP contribution in [-0.2, 0) is 9.59 Å². The molecule has 0 heterocycles. The molecule has 0 spiro atoms. The van der Waals surface area contributed by atoms with Crippen LogP contribution in [0.2, 0.25) is 0 Å². The third kappa shape index (κ3) is 3.94. The van der Waals surface area contributed by atoms with Gasteiger partial charge in [-0.1, -0.05) is 0 Å². The fourth-order valence-electron chi connectivity index (χ4n) is 1.26. The van der Waals surface area contributed by atoms with Crippen LogP contribution in [0.25, 0.3) is 0 Å². The highest BCUT2D eigenvalue weighted by atomic mass is 19.4. The van der Waals surface area contributed by atoms with Crippen LogP contribution < -0.4 is 10.2 Å². The first kappa shape index (κ1) is 19.4. The van der Waals surface area contributed by atoms with E-state index in [1.54, 1.807) is 0 Å². The third-order valence-electron chi connectivity index (χ3n) is 2.40. The summed E-state index contributed by atoms with van der Waals surface area (Å²) in [5.41, 5.74) is 0. The summed E-state index contributed by atoms with van der Waals surface area (Å²) < 4.78 is 100. The molecule has 0 aliphatic carbocycles. The van der Waals surface area contributed by atoms with Crippen molar-refractivity contribution in [3.63, 3.8) is 0 Å². The Hall–Kier alpha value is -1.62. The monoisotopic (exact) mass is 330 g/mol. The van der Waals surface area contributed by atoms with E-state index >= 15 is 0 Å². The van der Waals surface area contributed by atoms with Crippen LogP contribution >= 0.6 is 0 Å². The quantitative estimate of drug-likeness (QED) is 0.589. The molecule has 1 unspecified atom stereocenters. The van der Waals surface area contributed by atoms with Gasteiger partial charge in [-0.15, -0.1) is 0 Å². The Kier molecular flexibility index (Phi) is 5.55. The summed E-state index contributed by atoms with van der Waals surface area (Å²) in [5.74, 6) is -26.6. The number of carboxylic acids is 2. The van der Waals surface area contributed by atoms with Gasteiger partial charge >= 0.3 is 24.2 Å². The highest BCUT2D eigenvalue weighted by Gasteiger charge is 2.75. The lowest BCUT2D eigenvalue weighted by Crippen LogP contribution is -2.58. The molecule has 12 heteroatoms. The number of carbonyl (C=O) groups excluding carboxylic acids is 2. The molecule has 0 aromatic rings. The fraction of sp³-hybridized carbons (Fsp3) is 0.778. The first-order chi connectivity index (χ1) is 9.16. The Morgan fingerprint density at radius 2 is 1.38 bits per heavy atom. The third-order valence-corrected chi connectivity index (χ3v) is 2.40. The minimum Gasteiger partial charge on any atom is -0.550 e. The number of aliphatic carboxylic acids is 2. The zero-order valence-electron chi connectivity index (χ0n) is 9.73. The second-order valence-corrected chi connectivity index (χ2v) is 4.00. The molecule has 21 heavy (non-hydrogen) atoms. The lowest BCUT2D eigenvalue weighted by Gasteiger charge is -2.34. The molecule has 0 radical (unpaired) electrons. The second kappa shape index (κ2) is 6.02. The largest absolute Gasteiger partial charge is 0.550 e. The summed E-state index contributed by atoms with van der Waals surface area (Å²) in [7, 11) is 0. The van der Waals surface area contributed by atoms with Gasteiger partial charge in [0.2, 0.25) is 0 Å². The van der Waals surface area contributed by atoms with Crippen LogP contribution in [0.15, 0.2) is 0 Å². The fourth-order valence-corrected chi connectivity index (χ4v) is 1.26. The zero-order valence-corrected chi connectivity index (χ0v) is 9.73. The summed E-state index contributed by atoms with van der Waals surface area (Å²) >= 11 is 0. The van der Waals surface area contributed by atoms with E-state index in [0.29, 0.717) is 0 Å². The smallest absolute Gasteiger partial charge is 0.377 e. The number of rotatable bonds is 8. The molecular weight excluding hydrogens is 324 g/mol. The molecule has 0 saturated heterocycles. The van der Waals surface area contributed by atoms with Crippen LogP contribution in [0, 0.1) is 5.92 Å². The van der Waals surface area contributed by atoms with E-state index in [2.05, 4.69) is 0 Å². The molecule has 0 aromatic heterocycles. The van der Waals surface area contributed by atoms with Crippen LogP contribution in [-0.4, -0.2) is 36.1 Å². The van der Waals surface area contributed by atoms with Crippen molar-refractivity contribution >= 4 is 11.9 Å². The predicted octanol–water partition coefficient (Wildman–Crippen LogP) is 0.0536. The maximum Gasteiger partial charge on any atom is 0.377 e. The molecule has 0 bridgehead atoms.